The summed E-state index contributed by atoms with van der Waals surface area (Å²) in [5, 5.41) is 11.0. The molecule has 0 aliphatic carbocycles. The predicted octanol–water partition coefficient (Wildman–Crippen LogP) is 4.36. The van der Waals surface area contributed by atoms with Gasteiger partial charge in [-0.25, -0.2) is 5.43 Å². The number of rotatable bonds is 6. The van der Waals surface area contributed by atoms with Crippen LogP contribution in [0.15, 0.2) is 70.2 Å². The van der Waals surface area contributed by atoms with Gasteiger partial charge in [-0.3, -0.25) is 14.4 Å². The molecule has 1 aromatic heterocycles. The minimum absolute atomic E-state index is 0.110. The summed E-state index contributed by atoms with van der Waals surface area (Å²) in [6.07, 6.45) is -0.110. The van der Waals surface area contributed by atoms with Crippen LogP contribution in [0.5, 0.6) is 5.75 Å². The van der Waals surface area contributed by atoms with Crippen molar-refractivity contribution in [3.05, 3.63) is 66.2 Å². The molecular formula is C26H24N4O5. The smallest absolute Gasteiger partial charge is 0.329 e. The van der Waals surface area contributed by atoms with Crippen molar-refractivity contribution in [3.63, 3.8) is 0 Å². The minimum Gasteiger partial charge on any atom is -0.495 e. The van der Waals surface area contributed by atoms with Gasteiger partial charge in [0.15, 0.2) is 0 Å². The average molecular weight is 473 g/mol. The van der Waals surface area contributed by atoms with Gasteiger partial charge in [0.25, 0.3) is 0 Å². The summed E-state index contributed by atoms with van der Waals surface area (Å²) >= 11 is 0. The van der Waals surface area contributed by atoms with Crippen LogP contribution in [0.2, 0.25) is 0 Å². The highest BCUT2D eigenvalue weighted by Gasteiger charge is 2.16. The number of aryl methyl sites for hydroxylation is 1. The molecule has 3 N–H and O–H groups in total. The van der Waals surface area contributed by atoms with Gasteiger partial charge >= 0.3 is 11.8 Å². The third-order valence-electron chi connectivity index (χ3n) is 5.34. The van der Waals surface area contributed by atoms with Gasteiger partial charge in [-0.05, 0) is 37.6 Å². The Morgan fingerprint density at radius 3 is 2.40 bits per heavy atom. The number of benzene rings is 3. The molecule has 0 fully saturated rings. The van der Waals surface area contributed by atoms with E-state index >= 15 is 0 Å². The van der Waals surface area contributed by atoms with E-state index < -0.39 is 11.8 Å². The first-order valence-electron chi connectivity index (χ1n) is 10.8. The molecule has 4 aromatic rings. The first-order valence-corrected chi connectivity index (χ1v) is 10.8. The summed E-state index contributed by atoms with van der Waals surface area (Å²) in [4.78, 5) is 36.7. The van der Waals surface area contributed by atoms with E-state index in [1.54, 1.807) is 25.1 Å². The number of hydrogen-bond acceptors (Lipinski definition) is 6. The zero-order valence-corrected chi connectivity index (χ0v) is 19.5. The number of hydrogen-bond donors (Lipinski definition) is 3. The number of hydrazone groups is 1. The van der Waals surface area contributed by atoms with Crippen molar-refractivity contribution >= 4 is 56.7 Å². The maximum atomic E-state index is 12.6. The summed E-state index contributed by atoms with van der Waals surface area (Å²) in [5.41, 5.74) is 5.62. The van der Waals surface area contributed by atoms with Crippen LogP contribution in [0, 0.1) is 6.92 Å². The number of nitrogens with zero attached hydrogens (tertiary/aromatic N) is 1. The molecule has 4 rings (SSSR count). The van der Waals surface area contributed by atoms with Crippen molar-refractivity contribution in [1.82, 2.24) is 5.43 Å². The number of fused-ring (bicyclic) bond motifs is 3. The van der Waals surface area contributed by atoms with E-state index in [1.165, 1.54) is 7.11 Å². The highest BCUT2D eigenvalue weighted by molar-refractivity contribution is 6.39. The van der Waals surface area contributed by atoms with E-state index in [0.29, 0.717) is 28.4 Å². The molecule has 3 amide bonds. The second kappa shape index (κ2) is 10.1. The number of nitrogens with one attached hydrogen (secondary N) is 3. The van der Waals surface area contributed by atoms with Gasteiger partial charge in [-0.2, -0.15) is 5.10 Å². The Bertz CT molecular complexity index is 1470. The summed E-state index contributed by atoms with van der Waals surface area (Å²) in [6.45, 7) is 3.38. The van der Waals surface area contributed by atoms with Crippen molar-refractivity contribution in [2.45, 2.75) is 20.3 Å². The van der Waals surface area contributed by atoms with Crippen LogP contribution in [-0.2, 0) is 14.4 Å². The zero-order valence-electron chi connectivity index (χ0n) is 19.5. The first kappa shape index (κ1) is 23.5. The monoisotopic (exact) mass is 472 g/mol. The number of para-hydroxylation sites is 2. The molecule has 0 aliphatic rings. The maximum absolute atomic E-state index is 12.6. The molecule has 1 heterocycles. The standard InChI is InChI=1S/C26H24N4O5/c1-15-8-4-6-10-19(15)28-25(32)26(33)30-29-16(2)12-24(31)27-20-14-22-18(13-23(20)34-3)17-9-5-7-11-21(17)35-22/h4-11,13-14H,12H2,1-3H3,(H,27,31)(H,28,32)(H,30,33). The van der Waals surface area contributed by atoms with Crippen LogP contribution in [0.1, 0.15) is 18.9 Å². The third-order valence-corrected chi connectivity index (χ3v) is 5.34. The van der Waals surface area contributed by atoms with Crippen molar-refractivity contribution in [2.75, 3.05) is 17.7 Å². The molecule has 9 nitrogen and oxygen atoms in total. The summed E-state index contributed by atoms with van der Waals surface area (Å²) in [5.74, 6) is -1.69. The predicted molar refractivity (Wildman–Crippen MR) is 135 cm³/mol. The van der Waals surface area contributed by atoms with E-state index in [1.807, 2.05) is 49.4 Å². The lowest BCUT2D eigenvalue weighted by Gasteiger charge is -2.10. The Balaban J connectivity index is 1.39. The number of furan rings is 1. The topological polar surface area (TPSA) is 122 Å². The molecule has 0 atom stereocenters. The molecule has 0 unspecified atom stereocenters. The van der Waals surface area contributed by atoms with Gasteiger partial charge in [-0.15, -0.1) is 0 Å². The SMILES string of the molecule is COc1cc2c(cc1NC(=O)CC(C)=NNC(=O)C(=O)Nc1ccccc1C)oc1ccccc12. The Morgan fingerprint density at radius 1 is 0.886 bits per heavy atom. The number of amides is 3. The molecule has 0 saturated heterocycles. The molecule has 0 bridgehead atoms. The fraction of sp³-hybridized carbons (Fsp3) is 0.154. The minimum atomic E-state index is -0.940. The van der Waals surface area contributed by atoms with Gasteiger partial charge in [0, 0.05) is 28.2 Å². The normalized spacial score (nSPS) is 11.3. The second-order valence-corrected chi connectivity index (χ2v) is 7.93. The quantitative estimate of drug-likeness (QED) is 0.219. The number of carbonyl (C=O) groups is 3. The summed E-state index contributed by atoms with van der Waals surface area (Å²) in [6, 6.07) is 18.2. The van der Waals surface area contributed by atoms with Crippen molar-refractivity contribution in [3.8, 4) is 5.75 Å². The lowest BCUT2D eigenvalue weighted by atomic mass is 10.1. The Kier molecular flexibility index (Phi) is 6.77. The summed E-state index contributed by atoms with van der Waals surface area (Å²) in [7, 11) is 1.52. The van der Waals surface area contributed by atoms with Gasteiger partial charge < -0.3 is 19.8 Å². The van der Waals surface area contributed by atoms with Gasteiger partial charge in [-0.1, -0.05) is 36.4 Å². The molecule has 178 valence electrons. The lowest BCUT2D eigenvalue weighted by Crippen LogP contribution is -2.33. The molecule has 0 aliphatic heterocycles. The Hall–Kier alpha value is -4.66. The van der Waals surface area contributed by atoms with Crippen LogP contribution in [0.3, 0.4) is 0 Å². The van der Waals surface area contributed by atoms with E-state index in [2.05, 4.69) is 21.2 Å². The highest BCUT2D eigenvalue weighted by atomic mass is 16.5. The Morgan fingerprint density at radius 2 is 1.63 bits per heavy atom. The largest absolute Gasteiger partial charge is 0.495 e. The van der Waals surface area contributed by atoms with Crippen LogP contribution in [0.4, 0.5) is 11.4 Å². The number of anilines is 2. The second-order valence-electron chi connectivity index (χ2n) is 7.93. The van der Waals surface area contributed by atoms with E-state index in [0.717, 1.165) is 21.9 Å². The average Bonchev–Trinajstić information content (AvgIpc) is 3.20. The van der Waals surface area contributed by atoms with Crippen molar-refractivity contribution < 1.29 is 23.5 Å². The molecule has 0 spiro atoms. The number of methoxy groups -OCH3 is 1. The molecular weight excluding hydrogens is 448 g/mol. The maximum Gasteiger partial charge on any atom is 0.329 e. The van der Waals surface area contributed by atoms with Crippen LogP contribution < -0.4 is 20.8 Å². The van der Waals surface area contributed by atoms with Crippen LogP contribution in [-0.4, -0.2) is 30.5 Å². The van der Waals surface area contributed by atoms with Gasteiger partial charge in [0.2, 0.25) is 5.91 Å². The zero-order chi connectivity index (χ0) is 24.9. The summed E-state index contributed by atoms with van der Waals surface area (Å²) < 4.78 is 11.3. The van der Waals surface area contributed by atoms with Gasteiger partial charge in [0.05, 0.1) is 19.2 Å². The molecule has 9 heteroatoms. The number of ether oxygens (including phenoxy) is 1. The van der Waals surface area contributed by atoms with Gasteiger partial charge in [0.1, 0.15) is 16.9 Å². The van der Waals surface area contributed by atoms with Crippen molar-refractivity contribution in [2.24, 2.45) is 5.10 Å². The highest BCUT2D eigenvalue weighted by Crippen LogP contribution is 2.36. The fourth-order valence-corrected chi connectivity index (χ4v) is 3.57. The Labute approximate surface area is 201 Å². The molecule has 35 heavy (non-hydrogen) atoms. The van der Waals surface area contributed by atoms with Crippen LogP contribution >= 0.6 is 0 Å². The number of carbonyl (C=O) groups excluding carboxylic acids is 3. The van der Waals surface area contributed by atoms with E-state index in [9.17, 15) is 14.4 Å². The molecule has 3 aromatic carbocycles. The fourth-order valence-electron chi connectivity index (χ4n) is 3.57. The first-order chi connectivity index (χ1) is 16.9. The third kappa shape index (κ3) is 5.30. The van der Waals surface area contributed by atoms with E-state index in [4.69, 9.17) is 9.15 Å². The van der Waals surface area contributed by atoms with E-state index in [-0.39, 0.29) is 12.3 Å². The molecule has 0 saturated carbocycles. The molecule has 0 radical (unpaired) electrons. The lowest BCUT2D eigenvalue weighted by molar-refractivity contribution is -0.136. The van der Waals surface area contributed by atoms with Crippen LogP contribution in [0.25, 0.3) is 21.9 Å². The van der Waals surface area contributed by atoms with Crippen molar-refractivity contribution in [1.29, 1.82) is 0 Å².